The summed E-state index contributed by atoms with van der Waals surface area (Å²) in [7, 11) is 3.27. The van der Waals surface area contributed by atoms with Gasteiger partial charge in [-0.25, -0.2) is 4.68 Å². The molecule has 2 atom stereocenters. The molecule has 0 amide bonds. The Balaban J connectivity index is 1.78. The van der Waals surface area contributed by atoms with Crippen LogP contribution in [0.4, 0.5) is 5.95 Å². The number of tetrazole rings is 1. The quantitative estimate of drug-likeness (QED) is 0.756. The van der Waals surface area contributed by atoms with Gasteiger partial charge in [0.05, 0.1) is 26.3 Å². The molecule has 1 aliphatic rings. The monoisotopic (exact) mass is 371 g/mol. The maximum absolute atomic E-state index is 6.02. The van der Waals surface area contributed by atoms with E-state index in [2.05, 4.69) is 20.8 Å². The molecule has 4 rings (SSSR count). The van der Waals surface area contributed by atoms with E-state index in [1.54, 1.807) is 18.9 Å². The topological polar surface area (TPSA) is 74.1 Å². The number of ether oxygens (including phenoxy) is 2. The van der Waals surface area contributed by atoms with E-state index in [0.717, 1.165) is 17.5 Å². The SMILES string of the molecule is COc1cccc([C@H]2C[C@@H](c3ccc(Cl)cc3)Nc3nnnn32)c1OC. The molecular weight excluding hydrogens is 354 g/mol. The predicted molar refractivity (Wildman–Crippen MR) is 97.9 cm³/mol. The van der Waals surface area contributed by atoms with E-state index in [1.165, 1.54) is 0 Å². The van der Waals surface area contributed by atoms with E-state index in [4.69, 9.17) is 21.1 Å². The van der Waals surface area contributed by atoms with Gasteiger partial charge in [0.25, 0.3) is 0 Å². The van der Waals surface area contributed by atoms with Crippen LogP contribution in [0.2, 0.25) is 5.02 Å². The molecule has 0 bridgehead atoms. The zero-order valence-electron chi connectivity index (χ0n) is 14.4. The van der Waals surface area contributed by atoms with Crippen molar-refractivity contribution in [3.05, 3.63) is 58.6 Å². The van der Waals surface area contributed by atoms with Crippen molar-refractivity contribution >= 4 is 17.5 Å². The fraction of sp³-hybridized carbons (Fsp3) is 0.278. The third-order valence-corrected chi connectivity index (χ3v) is 4.87. The van der Waals surface area contributed by atoms with Gasteiger partial charge in [-0.1, -0.05) is 41.0 Å². The Bertz CT molecular complexity index is 912. The minimum Gasteiger partial charge on any atom is -0.493 e. The molecular formula is C18H18ClN5O2. The molecule has 7 nitrogen and oxygen atoms in total. The van der Waals surface area contributed by atoms with Crippen molar-refractivity contribution in [2.75, 3.05) is 19.5 Å². The van der Waals surface area contributed by atoms with Crippen LogP contribution < -0.4 is 14.8 Å². The number of aromatic nitrogens is 4. The smallest absolute Gasteiger partial charge is 0.243 e. The molecule has 0 radical (unpaired) electrons. The third kappa shape index (κ3) is 2.84. The summed E-state index contributed by atoms with van der Waals surface area (Å²) in [5, 5.41) is 16.2. The maximum Gasteiger partial charge on any atom is 0.243 e. The van der Waals surface area contributed by atoms with Crippen molar-refractivity contribution in [1.82, 2.24) is 20.2 Å². The Hall–Kier alpha value is -2.80. The highest BCUT2D eigenvalue weighted by atomic mass is 35.5. The summed E-state index contributed by atoms with van der Waals surface area (Å²) in [6.07, 6.45) is 0.753. The molecule has 0 unspecified atom stereocenters. The molecule has 0 saturated heterocycles. The third-order valence-electron chi connectivity index (χ3n) is 4.62. The van der Waals surface area contributed by atoms with Crippen molar-refractivity contribution in [3.63, 3.8) is 0 Å². The lowest BCUT2D eigenvalue weighted by Crippen LogP contribution is -2.28. The van der Waals surface area contributed by atoms with E-state index < -0.39 is 0 Å². The van der Waals surface area contributed by atoms with Gasteiger partial charge >= 0.3 is 0 Å². The first-order valence-electron chi connectivity index (χ1n) is 8.22. The number of halogens is 1. The lowest BCUT2D eigenvalue weighted by atomic mass is 9.92. The second kappa shape index (κ2) is 6.84. The number of methoxy groups -OCH3 is 2. The molecule has 3 aromatic rings. The molecule has 26 heavy (non-hydrogen) atoms. The number of benzene rings is 2. The Morgan fingerprint density at radius 2 is 1.92 bits per heavy atom. The Morgan fingerprint density at radius 3 is 2.65 bits per heavy atom. The van der Waals surface area contributed by atoms with E-state index >= 15 is 0 Å². The van der Waals surface area contributed by atoms with Crippen LogP contribution in [0.15, 0.2) is 42.5 Å². The summed E-state index contributed by atoms with van der Waals surface area (Å²) in [6, 6.07) is 13.6. The van der Waals surface area contributed by atoms with Crippen molar-refractivity contribution in [1.29, 1.82) is 0 Å². The first kappa shape index (κ1) is 16.7. The molecule has 0 saturated carbocycles. The number of fused-ring (bicyclic) bond motifs is 1. The van der Waals surface area contributed by atoms with Gasteiger partial charge in [-0.05, 0) is 40.6 Å². The number of para-hydroxylation sites is 1. The standard InChI is InChI=1S/C18H18ClN5O2/c1-25-16-5-3-4-13(17(16)26-2)15-10-14(11-6-8-12(19)9-7-11)20-18-21-22-23-24(15)18/h3-9,14-15H,10H2,1-2H3,(H,20,21,23)/t14-,15+/m0/s1. The van der Waals surface area contributed by atoms with Gasteiger partial charge in [0, 0.05) is 10.6 Å². The van der Waals surface area contributed by atoms with Crippen molar-refractivity contribution < 1.29 is 9.47 Å². The van der Waals surface area contributed by atoms with Crippen molar-refractivity contribution in [3.8, 4) is 11.5 Å². The maximum atomic E-state index is 6.02. The molecule has 1 aromatic heterocycles. The molecule has 2 heterocycles. The molecule has 0 aliphatic carbocycles. The van der Waals surface area contributed by atoms with Crippen LogP contribution in [0.3, 0.4) is 0 Å². The second-order valence-electron chi connectivity index (χ2n) is 6.03. The number of anilines is 1. The molecule has 0 fully saturated rings. The first-order valence-corrected chi connectivity index (χ1v) is 8.60. The molecule has 8 heteroatoms. The van der Waals surface area contributed by atoms with Gasteiger partial charge in [-0.2, -0.15) is 0 Å². The van der Waals surface area contributed by atoms with E-state index in [0.29, 0.717) is 22.5 Å². The van der Waals surface area contributed by atoms with Gasteiger partial charge in [-0.15, -0.1) is 0 Å². The summed E-state index contributed by atoms with van der Waals surface area (Å²) in [6.45, 7) is 0. The highest BCUT2D eigenvalue weighted by molar-refractivity contribution is 6.30. The fourth-order valence-electron chi connectivity index (χ4n) is 3.38. The molecule has 0 spiro atoms. The van der Waals surface area contributed by atoms with Crippen LogP contribution in [0.5, 0.6) is 11.5 Å². The molecule has 134 valence electrons. The molecule has 1 aliphatic heterocycles. The summed E-state index contributed by atoms with van der Waals surface area (Å²) in [5.41, 5.74) is 2.09. The first-order chi connectivity index (χ1) is 12.7. The van der Waals surface area contributed by atoms with E-state index in [-0.39, 0.29) is 12.1 Å². The summed E-state index contributed by atoms with van der Waals surface area (Å²) in [4.78, 5) is 0. The van der Waals surface area contributed by atoms with Gasteiger partial charge < -0.3 is 14.8 Å². The second-order valence-corrected chi connectivity index (χ2v) is 6.47. The Morgan fingerprint density at radius 1 is 1.12 bits per heavy atom. The number of hydrogen-bond acceptors (Lipinski definition) is 6. The van der Waals surface area contributed by atoms with Gasteiger partial charge in [0.1, 0.15) is 0 Å². The summed E-state index contributed by atoms with van der Waals surface area (Å²) in [5.74, 6) is 1.99. The van der Waals surface area contributed by atoms with Crippen LogP contribution >= 0.6 is 11.6 Å². The van der Waals surface area contributed by atoms with Gasteiger partial charge in [0.2, 0.25) is 5.95 Å². The highest BCUT2D eigenvalue weighted by Crippen LogP contribution is 2.43. The molecule has 1 N–H and O–H groups in total. The Labute approximate surface area is 155 Å². The van der Waals surface area contributed by atoms with Crippen LogP contribution in [0.25, 0.3) is 0 Å². The minimum atomic E-state index is -0.0908. The minimum absolute atomic E-state index is 0.0478. The van der Waals surface area contributed by atoms with Gasteiger partial charge in [0.15, 0.2) is 11.5 Å². The zero-order chi connectivity index (χ0) is 18.1. The number of nitrogens with one attached hydrogen (secondary N) is 1. The largest absolute Gasteiger partial charge is 0.493 e. The van der Waals surface area contributed by atoms with Crippen LogP contribution in [-0.4, -0.2) is 34.4 Å². The van der Waals surface area contributed by atoms with Crippen molar-refractivity contribution in [2.24, 2.45) is 0 Å². The summed E-state index contributed by atoms with van der Waals surface area (Å²) >= 11 is 6.02. The normalized spacial score (nSPS) is 18.7. The van der Waals surface area contributed by atoms with Crippen LogP contribution in [0.1, 0.15) is 29.6 Å². The van der Waals surface area contributed by atoms with Crippen LogP contribution in [0, 0.1) is 0 Å². The highest BCUT2D eigenvalue weighted by Gasteiger charge is 2.33. The number of nitrogens with zero attached hydrogens (tertiary/aromatic N) is 4. The lowest BCUT2D eigenvalue weighted by molar-refractivity contribution is 0.339. The predicted octanol–water partition coefficient (Wildman–Crippen LogP) is 3.49. The number of rotatable bonds is 4. The average molecular weight is 372 g/mol. The molecule has 2 aromatic carbocycles. The summed E-state index contributed by atoms with van der Waals surface area (Å²) < 4.78 is 12.9. The zero-order valence-corrected chi connectivity index (χ0v) is 15.1. The van der Waals surface area contributed by atoms with Gasteiger partial charge in [-0.3, -0.25) is 0 Å². The Kier molecular flexibility index (Phi) is 4.38. The van der Waals surface area contributed by atoms with E-state index in [9.17, 15) is 0 Å². The van der Waals surface area contributed by atoms with Crippen molar-refractivity contribution in [2.45, 2.75) is 18.5 Å². The lowest BCUT2D eigenvalue weighted by Gasteiger charge is -2.32. The average Bonchev–Trinajstić information content (AvgIpc) is 3.15. The number of hydrogen-bond donors (Lipinski definition) is 1. The fourth-order valence-corrected chi connectivity index (χ4v) is 3.51. The van der Waals surface area contributed by atoms with Crippen LogP contribution in [-0.2, 0) is 0 Å². The van der Waals surface area contributed by atoms with E-state index in [1.807, 2.05) is 42.5 Å².